The molecule has 1 atom stereocenters. The molecule has 15 heavy (non-hydrogen) atoms. The number of likely N-dealkylation sites (tertiary alicyclic amines) is 1. The first kappa shape index (κ1) is 11.8. The fourth-order valence-electron chi connectivity index (χ4n) is 1.69. The molecule has 0 bridgehead atoms. The second-order valence-electron chi connectivity index (χ2n) is 4.04. The molecule has 1 fully saturated rings. The summed E-state index contributed by atoms with van der Waals surface area (Å²) in [6.45, 7) is 4.05. The second-order valence-corrected chi connectivity index (χ2v) is 4.04. The third-order valence-electron chi connectivity index (χ3n) is 2.74. The van der Waals surface area contributed by atoms with Gasteiger partial charge >= 0.3 is 6.03 Å². The number of rotatable bonds is 3. The first-order valence-corrected chi connectivity index (χ1v) is 5.31. The van der Waals surface area contributed by atoms with Gasteiger partial charge in [-0.2, -0.15) is 5.26 Å². The smallest absolute Gasteiger partial charge is 0.314 e. The molecule has 3 N–H and O–H groups in total. The zero-order valence-electron chi connectivity index (χ0n) is 9.07. The maximum absolute atomic E-state index is 10.9. The average molecular weight is 210 g/mol. The summed E-state index contributed by atoms with van der Waals surface area (Å²) in [5.41, 5.74) is 5.18. The lowest BCUT2D eigenvalue weighted by molar-refractivity contribution is 0.185. The summed E-state index contributed by atoms with van der Waals surface area (Å²) in [7, 11) is 0. The van der Waals surface area contributed by atoms with E-state index in [1.54, 1.807) is 4.90 Å². The fraction of sp³-hybridized carbons (Fsp3) is 0.800. The summed E-state index contributed by atoms with van der Waals surface area (Å²) in [5, 5.41) is 12.0. The minimum Gasteiger partial charge on any atom is -0.351 e. The van der Waals surface area contributed by atoms with Crippen molar-refractivity contribution in [3.63, 3.8) is 0 Å². The lowest BCUT2D eigenvalue weighted by Gasteiger charge is -2.31. The number of hydrogen-bond acceptors (Lipinski definition) is 3. The van der Waals surface area contributed by atoms with Crippen molar-refractivity contribution in [2.75, 3.05) is 19.6 Å². The first-order valence-electron chi connectivity index (χ1n) is 5.31. The predicted molar refractivity (Wildman–Crippen MR) is 57.0 cm³/mol. The second kappa shape index (κ2) is 5.56. The molecule has 2 amide bonds. The molecular weight excluding hydrogens is 192 g/mol. The van der Waals surface area contributed by atoms with E-state index in [4.69, 9.17) is 11.0 Å². The summed E-state index contributed by atoms with van der Waals surface area (Å²) < 4.78 is 0. The van der Waals surface area contributed by atoms with Crippen LogP contribution < -0.4 is 11.1 Å². The predicted octanol–water partition coefficient (Wildman–Crippen LogP) is 0.279. The van der Waals surface area contributed by atoms with Gasteiger partial charge in [-0.3, -0.25) is 0 Å². The van der Waals surface area contributed by atoms with Crippen molar-refractivity contribution in [2.24, 2.45) is 11.7 Å². The summed E-state index contributed by atoms with van der Waals surface area (Å²) in [4.78, 5) is 12.5. The molecule has 0 radical (unpaired) electrons. The van der Waals surface area contributed by atoms with E-state index < -0.39 is 0 Å². The highest BCUT2D eigenvalue weighted by molar-refractivity contribution is 5.72. The van der Waals surface area contributed by atoms with Gasteiger partial charge < -0.3 is 16.0 Å². The van der Waals surface area contributed by atoms with E-state index in [0.29, 0.717) is 19.1 Å². The van der Waals surface area contributed by atoms with Crippen LogP contribution in [0.2, 0.25) is 0 Å². The largest absolute Gasteiger partial charge is 0.351 e. The number of urea groups is 1. The highest BCUT2D eigenvalue weighted by Gasteiger charge is 2.20. The topological polar surface area (TPSA) is 82.2 Å². The number of piperidine rings is 1. The SMILES string of the molecule is CC(C#N)CNC1CCN(C(N)=O)CC1. The van der Waals surface area contributed by atoms with Crippen LogP contribution in [0.5, 0.6) is 0 Å². The monoisotopic (exact) mass is 210 g/mol. The summed E-state index contributed by atoms with van der Waals surface area (Å²) in [6, 6.07) is 2.26. The van der Waals surface area contributed by atoms with Crippen LogP contribution in [-0.2, 0) is 0 Å². The summed E-state index contributed by atoms with van der Waals surface area (Å²) >= 11 is 0. The molecule has 0 saturated carbocycles. The van der Waals surface area contributed by atoms with E-state index >= 15 is 0 Å². The molecule has 0 aromatic heterocycles. The quantitative estimate of drug-likeness (QED) is 0.702. The van der Waals surface area contributed by atoms with Crippen LogP contribution in [-0.4, -0.2) is 36.6 Å². The van der Waals surface area contributed by atoms with E-state index in [2.05, 4.69) is 11.4 Å². The van der Waals surface area contributed by atoms with Crippen molar-refractivity contribution in [3.05, 3.63) is 0 Å². The Balaban J connectivity index is 2.21. The normalized spacial score (nSPS) is 19.6. The highest BCUT2D eigenvalue weighted by atomic mass is 16.2. The van der Waals surface area contributed by atoms with Crippen molar-refractivity contribution in [1.82, 2.24) is 10.2 Å². The van der Waals surface area contributed by atoms with Gasteiger partial charge in [0.15, 0.2) is 0 Å². The third-order valence-corrected chi connectivity index (χ3v) is 2.74. The van der Waals surface area contributed by atoms with Gasteiger partial charge in [-0.1, -0.05) is 0 Å². The molecule has 0 spiro atoms. The van der Waals surface area contributed by atoms with Gasteiger partial charge in [0.2, 0.25) is 0 Å². The van der Waals surface area contributed by atoms with E-state index in [-0.39, 0.29) is 11.9 Å². The Morgan fingerprint density at radius 1 is 1.67 bits per heavy atom. The molecule has 5 nitrogen and oxygen atoms in total. The van der Waals surface area contributed by atoms with Gasteiger partial charge in [-0.15, -0.1) is 0 Å². The zero-order chi connectivity index (χ0) is 11.3. The van der Waals surface area contributed by atoms with E-state index in [9.17, 15) is 4.79 Å². The lowest BCUT2D eigenvalue weighted by Crippen LogP contribution is -2.47. The van der Waals surface area contributed by atoms with Crippen molar-refractivity contribution in [1.29, 1.82) is 5.26 Å². The Labute approximate surface area is 90.2 Å². The first-order chi connectivity index (χ1) is 7.13. The number of carbonyl (C=O) groups is 1. The Morgan fingerprint density at radius 3 is 2.73 bits per heavy atom. The van der Waals surface area contributed by atoms with Crippen LogP contribution in [0.3, 0.4) is 0 Å². The van der Waals surface area contributed by atoms with Crippen LogP contribution in [0.25, 0.3) is 0 Å². The van der Waals surface area contributed by atoms with Crippen molar-refractivity contribution < 1.29 is 4.79 Å². The zero-order valence-corrected chi connectivity index (χ0v) is 9.07. The summed E-state index contributed by atoms with van der Waals surface area (Å²) in [6.07, 6.45) is 1.84. The molecule has 1 aliphatic heterocycles. The fourth-order valence-corrected chi connectivity index (χ4v) is 1.69. The standard InChI is InChI=1S/C10H18N4O/c1-8(6-11)7-13-9-2-4-14(5-3-9)10(12)15/h8-9,13H,2-5,7H2,1H3,(H2,12,15). The number of carbonyl (C=O) groups excluding carboxylic acids is 1. The molecule has 5 heteroatoms. The number of amides is 2. The highest BCUT2D eigenvalue weighted by Crippen LogP contribution is 2.10. The molecule has 84 valence electrons. The minimum atomic E-state index is -0.334. The molecule has 0 aromatic carbocycles. The van der Waals surface area contributed by atoms with Crippen LogP contribution in [0.4, 0.5) is 4.79 Å². The van der Waals surface area contributed by atoms with Gasteiger partial charge in [0, 0.05) is 25.7 Å². The van der Waals surface area contributed by atoms with Crippen molar-refractivity contribution in [3.8, 4) is 6.07 Å². The molecular formula is C10H18N4O. The van der Waals surface area contributed by atoms with E-state index in [0.717, 1.165) is 19.4 Å². The van der Waals surface area contributed by atoms with Gasteiger partial charge in [0.1, 0.15) is 0 Å². The molecule has 1 rings (SSSR count). The Hall–Kier alpha value is -1.28. The summed E-state index contributed by atoms with van der Waals surface area (Å²) in [5.74, 6) is 0.0409. The molecule has 1 unspecified atom stereocenters. The molecule has 1 saturated heterocycles. The van der Waals surface area contributed by atoms with Crippen LogP contribution >= 0.6 is 0 Å². The number of nitrogens with one attached hydrogen (secondary N) is 1. The Bertz CT molecular complexity index is 253. The van der Waals surface area contributed by atoms with E-state index in [1.165, 1.54) is 0 Å². The van der Waals surface area contributed by atoms with Crippen molar-refractivity contribution >= 4 is 6.03 Å². The lowest BCUT2D eigenvalue weighted by atomic mass is 10.0. The van der Waals surface area contributed by atoms with Crippen molar-refractivity contribution in [2.45, 2.75) is 25.8 Å². The Kier molecular flexibility index (Phi) is 4.37. The molecule has 0 aromatic rings. The van der Waals surface area contributed by atoms with Crippen LogP contribution in [0.15, 0.2) is 0 Å². The van der Waals surface area contributed by atoms with Gasteiger partial charge in [0.25, 0.3) is 0 Å². The third kappa shape index (κ3) is 3.76. The van der Waals surface area contributed by atoms with E-state index in [1.807, 2.05) is 6.92 Å². The maximum atomic E-state index is 10.9. The Morgan fingerprint density at radius 2 is 2.27 bits per heavy atom. The number of nitrogens with zero attached hydrogens (tertiary/aromatic N) is 2. The minimum absolute atomic E-state index is 0.0409. The van der Waals surface area contributed by atoms with Gasteiger partial charge in [-0.05, 0) is 19.8 Å². The molecule has 0 aliphatic carbocycles. The number of hydrogen-bond donors (Lipinski definition) is 2. The van der Waals surface area contributed by atoms with Crippen LogP contribution in [0.1, 0.15) is 19.8 Å². The maximum Gasteiger partial charge on any atom is 0.314 e. The number of primary amides is 1. The number of nitriles is 1. The average Bonchev–Trinajstić information content (AvgIpc) is 2.26. The van der Waals surface area contributed by atoms with Gasteiger partial charge in [-0.25, -0.2) is 4.79 Å². The molecule has 1 aliphatic rings. The number of nitrogens with two attached hydrogens (primary N) is 1. The van der Waals surface area contributed by atoms with Crippen LogP contribution in [0, 0.1) is 17.2 Å². The molecule has 1 heterocycles. The van der Waals surface area contributed by atoms with Gasteiger partial charge in [0.05, 0.1) is 12.0 Å².